The molecule has 1 aromatic heterocycles. The van der Waals surface area contributed by atoms with E-state index in [9.17, 15) is 31.1 Å². The van der Waals surface area contributed by atoms with Crippen LogP contribution in [0.15, 0.2) is 30.3 Å². The number of benzene rings is 1. The number of hydrogen-bond donors (Lipinski definition) is 0. The van der Waals surface area contributed by atoms with Crippen molar-refractivity contribution in [1.82, 2.24) is 4.98 Å². The Balaban J connectivity index is 2.03. The number of para-hydroxylation sites is 1. The zero-order valence-electron chi connectivity index (χ0n) is 13.5. The lowest BCUT2D eigenvalue weighted by molar-refractivity contribution is -0.325. The molecule has 1 amide bonds. The van der Waals surface area contributed by atoms with E-state index in [-0.39, 0.29) is 21.7 Å². The molecule has 0 unspecified atom stereocenters. The maximum atomic E-state index is 13.3. The van der Waals surface area contributed by atoms with Crippen molar-refractivity contribution in [3.8, 4) is 0 Å². The van der Waals surface area contributed by atoms with Gasteiger partial charge in [-0.05, 0) is 25.0 Å². The predicted molar refractivity (Wildman–Crippen MR) is 84.1 cm³/mol. The van der Waals surface area contributed by atoms with E-state index in [0.29, 0.717) is 24.2 Å². The first-order chi connectivity index (χ1) is 12.6. The van der Waals surface area contributed by atoms with Crippen LogP contribution >= 0.6 is 11.3 Å². The van der Waals surface area contributed by atoms with Crippen molar-refractivity contribution in [2.45, 2.75) is 37.7 Å². The normalized spacial score (nSPS) is 15.5. The van der Waals surface area contributed by atoms with Gasteiger partial charge in [-0.3, -0.25) is 4.79 Å². The second kappa shape index (κ2) is 7.12. The number of nitrogens with zero attached hydrogens (tertiary/aromatic N) is 2. The first-order valence-corrected chi connectivity index (χ1v) is 8.61. The van der Waals surface area contributed by atoms with Crippen LogP contribution in [0.25, 0.3) is 0 Å². The number of alkyl halides is 6. The molecule has 1 aliphatic rings. The van der Waals surface area contributed by atoms with Gasteiger partial charge < -0.3 is 0 Å². The molecule has 1 saturated carbocycles. The molecule has 0 atom stereocenters. The number of aromatic nitrogens is 1. The number of halogens is 6. The molecule has 4 nitrogen and oxygen atoms in total. The molecule has 0 N–H and O–H groups in total. The van der Waals surface area contributed by atoms with Crippen LogP contribution in [0, 0.1) is 0 Å². The van der Waals surface area contributed by atoms with Gasteiger partial charge >= 0.3 is 12.5 Å². The summed E-state index contributed by atoms with van der Waals surface area (Å²) in [7, 11) is 0. The Morgan fingerprint density at radius 1 is 1.11 bits per heavy atom. The van der Waals surface area contributed by atoms with E-state index in [2.05, 4.69) is 9.82 Å². The maximum Gasteiger partial charge on any atom is 0.544 e. The molecular weight excluding hydrogens is 398 g/mol. The SMILES string of the molecule is O=C(c1sc(C2CCC2)nc1C(F)(F)F)N(OC(F)(F)F)c1ccccc1. The largest absolute Gasteiger partial charge is 0.544 e. The number of hydrogen-bond acceptors (Lipinski definition) is 4. The van der Waals surface area contributed by atoms with Gasteiger partial charge in [0.25, 0.3) is 5.91 Å². The first-order valence-electron chi connectivity index (χ1n) is 7.79. The molecule has 0 bridgehead atoms. The van der Waals surface area contributed by atoms with Gasteiger partial charge in [-0.15, -0.1) is 24.5 Å². The molecule has 1 fully saturated rings. The quantitative estimate of drug-likeness (QED) is 0.492. The Bertz CT molecular complexity index is 815. The molecule has 2 aromatic rings. The van der Waals surface area contributed by atoms with Crippen LogP contribution in [0.1, 0.15) is 45.6 Å². The lowest BCUT2D eigenvalue weighted by atomic mass is 9.86. The van der Waals surface area contributed by atoms with E-state index >= 15 is 0 Å². The van der Waals surface area contributed by atoms with Gasteiger partial charge in [0.15, 0.2) is 5.69 Å². The summed E-state index contributed by atoms with van der Waals surface area (Å²) in [5, 5.41) is -0.0928. The monoisotopic (exact) mass is 410 g/mol. The lowest BCUT2D eigenvalue weighted by Crippen LogP contribution is -2.37. The second-order valence-corrected chi connectivity index (χ2v) is 6.86. The van der Waals surface area contributed by atoms with Crippen LogP contribution in [-0.2, 0) is 11.0 Å². The summed E-state index contributed by atoms with van der Waals surface area (Å²) < 4.78 is 78.2. The highest BCUT2D eigenvalue weighted by molar-refractivity contribution is 7.14. The number of carbonyl (C=O) groups excluding carboxylic acids is 1. The standard InChI is InChI=1S/C16H12F6N2O2S/c17-15(18,19)12-11(27-13(23-12)9-5-4-6-9)14(25)24(26-16(20,21)22)10-7-2-1-3-8-10/h1-3,7-9H,4-6H2. The summed E-state index contributed by atoms with van der Waals surface area (Å²) in [5.41, 5.74) is -1.85. The third kappa shape index (κ3) is 4.41. The minimum Gasteiger partial charge on any atom is -0.265 e. The molecule has 0 spiro atoms. The maximum absolute atomic E-state index is 13.3. The summed E-state index contributed by atoms with van der Waals surface area (Å²) in [6, 6.07) is 6.36. The Kier molecular flexibility index (Phi) is 5.17. The van der Waals surface area contributed by atoms with Gasteiger partial charge in [-0.1, -0.05) is 24.6 Å². The number of anilines is 1. The van der Waals surface area contributed by atoms with Crippen LogP contribution in [0.5, 0.6) is 0 Å². The Labute approximate surface area is 153 Å². The summed E-state index contributed by atoms with van der Waals surface area (Å²) >= 11 is 0.458. The van der Waals surface area contributed by atoms with Gasteiger partial charge in [0.05, 0.1) is 10.7 Å². The van der Waals surface area contributed by atoms with Crippen LogP contribution in [-0.4, -0.2) is 17.3 Å². The smallest absolute Gasteiger partial charge is 0.265 e. The van der Waals surface area contributed by atoms with E-state index in [4.69, 9.17) is 0 Å². The van der Waals surface area contributed by atoms with Gasteiger partial charge in [0, 0.05) is 5.92 Å². The Hall–Kier alpha value is -2.14. The van der Waals surface area contributed by atoms with Gasteiger partial charge in [-0.25, -0.2) is 4.98 Å². The lowest BCUT2D eigenvalue weighted by Gasteiger charge is -2.23. The minimum atomic E-state index is -5.27. The molecule has 1 aromatic carbocycles. The van der Waals surface area contributed by atoms with Crippen LogP contribution in [0.4, 0.5) is 32.0 Å². The topological polar surface area (TPSA) is 42.4 Å². The highest BCUT2D eigenvalue weighted by Gasteiger charge is 2.44. The summed E-state index contributed by atoms with van der Waals surface area (Å²) in [5.74, 6) is -1.79. The number of carbonyl (C=O) groups is 1. The van der Waals surface area contributed by atoms with Crippen LogP contribution in [0.3, 0.4) is 0 Å². The van der Waals surface area contributed by atoms with E-state index in [1.807, 2.05) is 0 Å². The average molecular weight is 410 g/mol. The van der Waals surface area contributed by atoms with Gasteiger partial charge in [0.1, 0.15) is 4.88 Å². The molecule has 146 valence electrons. The Morgan fingerprint density at radius 2 is 1.74 bits per heavy atom. The zero-order chi connectivity index (χ0) is 19.8. The molecular formula is C16H12F6N2O2S. The van der Waals surface area contributed by atoms with Gasteiger partial charge in [-0.2, -0.15) is 23.1 Å². The number of amides is 1. The van der Waals surface area contributed by atoms with Crippen molar-refractivity contribution in [2.24, 2.45) is 0 Å². The highest BCUT2D eigenvalue weighted by atomic mass is 32.1. The number of thiazole rings is 1. The molecule has 1 aliphatic carbocycles. The van der Waals surface area contributed by atoms with Crippen molar-refractivity contribution < 1.29 is 36.0 Å². The molecule has 11 heteroatoms. The molecule has 27 heavy (non-hydrogen) atoms. The van der Waals surface area contributed by atoms with E-state index in [1.165, 1.54) is 18.2 Å². The molecule has 0 aliphatic heterocycles. The predicted octanol–water partition coefficient (Wildman–Crippen LogP) is 5.53. The van der Waals surface area contributed by atoms with Crippen LogP contribution in [0.2, 0.25) is 0 Å². The number of hydroxylamine groups is 1. The number of rotatable bonds is 4. The van der Waals surface area contributed by atoms with Crippen molar-refractivity contribution in [1.29, 1.82) is 0 Å². The minimum absolute atomic E-state index is 0.0944. The average Bonchev–Trinajstić information content (AvgIpc) is 2.95. The van der Waals surface area contributed by atoms with Crippen LogP contribution < -0.4 is 5.06 Å². The van der Waals surface area contributed by atoms with Crippen molar-refractivity contribution in [3.63, 3.8) is 0 Å². The third-order valence-corrected chi connectivity index (χ3v) is 5.14. The van der Waals surface area contributed by atoms with Crippen molar-refractivity contribution in [2.75, 3.05) is 5.06 Å². The summed E-state index contributed by atoms with van der Waals surface area (Å²) in [4.78, 5) is 18.9. The second-order valence-electron chi connectivity index (χ2n) is 5.83. The van der Waals surface area contributed by atoms with E-state index < -0.39 is 29.0 Å². The molecule has 0 radical (unpaired) electrons. The molecule has 0 saturated heterocycles. The third-order valence-electron chi connectivity index (χ3n) is 3.93. The molecule has 3 rings (SSSR count). The first kappa shape index (κ1) is 19.6. The fourth-order valence-corrected chi connectivity index (χ4v) is 3.65. The molecule has 1 heterocycles. The zero-order valence-corrected chi connectivity index (χ0v) is 14.3. The Morgan fingerprint density at radius 3 is 2.22 bits per heavy atom. The van der Waals surface area contributed by atoms with E-state index in [1.54, 1.807) is 0 Å². The fraction of sp³-hybridized carbons (Fsp3) is 0.375. The highest BCUT2D eigenvalue weighted by Crippen LogP contribution is 2.43. The summed E-state index contributed by atoms with van der Waals surface area (Å²) in [6.45, 7) is 0. The van der Waals surface area contributed by atoms with Crippen molar-refractivity contribution >= 4 is 22.9 Å². The fourth-order valence-electron chi connectivity index (χ4n) is 2.47. The van der Waals surface area contributed by atoms with E-state index in [0.717, 1.165) is 18.6 Å². The van der Waals surface area contributed by atoms with Gasteiger partial charge in [0.2, 0.25) is 0 Å². The summed E-state index contributed by atoms with van der Waals surface area (Å²) in [6.07, 6.45) is -8.18. The van der Waals surface area contributed by atoms with Crippen molar-refractivity contribution in [3.05, 3.63) is 45.9 Å².